The van der Waals surface area contributed by atoms with E-state index in [1.165, 1.54) is 30.5 Å². The Labute approximate surface area is 184 Å². The molecule has 0 unspecified atom stereocenters. The lowest BCUT2D eigenvalue weighted by Gasteiger charge is -2.09. The molecule has 8 nitrogen and oxygen atoms in total. The van der Waals surface area contributed by atoms with Gasteiger partial charge in [-0.25, -0.2) is 23.0 Å². The zero-order chi connectivity index (χ0) is 22.3. The summed E-state index contributed by atoms with van der Waals surface area (Å²) in [6.45, 7) is -0.338. The first-order chi connectivity index (χ1) is 14.8. The van der Waals surface area contributed by atoms with Crippen molar-refractivity contribution in [3.63, 3.8) is 0 Å². The summed E-state index contributed by atoms with van der Waals surface area (Å²) < 4.78 is 29.8. The van der Waals surface area contributed by atoms with Gasteiger partial charge in [-0.1, -0.05) is 35.9 Å². The Morgan fingerprint density at radius 3 is 2.35 bits per heavy atom. The number of nitrogens with zero attached hydrogens (tertiary/aromatic N) is 1. The highest BCUT2D eigenvalue weighted by molar-refractivity contribution is 7.91. The minimum absolute atomic E-state index is 0.194. The van der Waals surface area contributed by atoms with Crippen LogP contribution in [-0.2, 0) is 14.6 Å². The van der Waals surface area contributed by atoms with Crippen molar-refractivity contribution in [3.05, 3.63) is 83.5 Å². The fourth-order valence-corrected chi connectivity index (χ4v) is 3.69. The summed E-state index contributed by atoms with van der Waals surface area (Å²) in [5.74, 6) is -1.11. The number of benzene rings is 2. The van der Waals surface area contributed by atoms with Gasteiger partial charge < -0.3 is 15.4 Å². The molecule has 0 aliphatic heterocycles. The summed E-state index contributed by atoms with van der Waals surface area (Å²) in [7, 11) is -3.78. The maximum atomic E-state index is 12.4. The number of para-hydroxylation sites is 1. The molecule has 0 fully saturated rings. The van der Waals surface area contributed by atoms with Crippen LogP contribution in [0.15, 0.2) is 78.0 Å². The molecule has 0 saturated carbocycles. The van der Waals surface area contributed by atoms with E-state index in [0.717, 1.165) is 0 Å². The number of ether oxygens (including phenoxy) is 1. The summed E-state index contributed by atoms with van der Waals surface area (Å²) in [6.07, 6.45) is 1.23. The molecule has 0 aliphatic carbocycles. The standard InChI is InChI=1S/C21H18ClN3O5S/c22-16-6-4-5-15(13-16)20(26)30-11-12-31(28,29)19-10-9-18(14-23-19)25-21(27)24-17-7-2-1-3-8-17/h1-10,13-14H,11-12H2,(H2,24,25,27). The van der Waals surface area contributed by atoms with E-state index in [4.69, 9.17) is 16.3 Å². The van der Waals surface area contributed by atoms with Crippen LogP contribution in [0.3, 0.4) is 0 Å². The second-order valence-electron chi connectivity index (χ2n) is 6.30. The number of anilines is 2. The van der Waals surface area contributed by atoms with Crippen LogP contribution >= 0.6 is 11.6 Å². The van der Waals surface area contributed by atoms with Crippen LogP contribution < -0.4 is 10.6 Å². The maximum Gasteiger partial charge on any atom is 0.338 e. The van der Waals surface area contributed by atoms with Crippen molar-refractivity contribution in [1.29, 1.82) is 0 Å². The average molecular weight is 460 g/mol. The molecule has 0 bridgehead atoms. The van der Waals surface area contributed by atoms with E-state index >= 15 is 0 Å². The number of amides is 2. The van der Waals surface area contributed by atoms with Gasteiger partial charge in [0.05, 0.1) is 23.2 Å². The van der Waals surface area contributed by atoms with Gasteiger partial charge >= 0.3 is 12.0 Å². The third kappa shape index (κ3) is 6.53. The monoisotopic (exact) mass is 459 g/mol. The zero-order valence-electron chi connectivity index (χ0n) is 16.1. The third-order valence-corrected chi connectivity index (χ3v) is 5.81. The van der Waals surface area contributed by atoms with E-state index < -0.39 is 27.6 Å². The number of carbonyl (C=O) groups excluding carboxylic acids is 2. The van der Waals surface area contributed by atoms with Gasteiger partial charge in [-0.05, 0) is 42.5 Å². The third-order valence-electron chi connectivity index (χ3n) is 3.99. The van der Waals surface area contributed by atoms with Crippen LogP contribution in [0.4, 0.5) is 16.2 Å². The van der Waals surface area contributed by atoms with Crippen LogP contribution in [0.5, 0.6) is 0 Å². The molecule has 3 aromatic rings. The molecule has 2 N–H and O–H groups in total. The van der Waals surface area contributed by atoms with Crippen molar-refractivity contribution < 1.29 is 22.7 Å². The molecule has 0 aliphatic rings. The fourth-order valence-electron chi connectivity index (χ4n) is 2.50. The highest BCUT2D eigenvalue weighted by Crippen LogP contribution is 2.14. The molecule has 160 valence electrons. The van der Waals surface area contributed by atoms with Gasteiger partial charge in [0.1, 0.15) is 6.61 Å². The SMILES string of the molecule is O=C(Nc1ccccc1)Nc1ccc(S(=O)(=O)CCOC(=O)c2cccc(Cl)c2)nc1. The van der Waals surface area contributed by atoms with Gasteiger partial charge in [-0.2, -0.15) is 0 Å². The number of sulfone groups is 1. The number of esters is 1. The summed E-state index contributed by atoms with van der Waals surface area (Å²) >= 11 is 5.82. The van der Waals surface area contributed by atoms with Gasteiger partial charge in [-0.3, -0.25) is 0 Å². The molecule has 0 spiro atoms. The molecule has 2 aromatic carbocycles. The first-order valence-electron chi connectivity index (χ1n) is 9.08. The normalized spacial score (nSPS) is 10.9. The number of rotatable bonds is 7. The lowest BCUT2D eigenvalue weighted by atomic mass is 10.2. The first kappa shape index (κ1) is 22.3. The van der Waals surface area contributed by atoms with Crippen LogP contribution in [0.2, 0.25) is 5.02 Å². The molecule has 1 heterocycles. The highest BCUT2D eigenvalue weighted by Gasteiger charge is 2.18. The number of carbonyl (C=O) groups is 2. The second-order valence-corrected chi connectivity index (χ2v) is 8.79. The van der Waals surface area contributed by atoms with Crippen LogP contribution in [0.1, 0.15) is 10.4 Å². The van der Waals surface area contributed by atoms with E-state index in [2.05, 4.69) is 15.6 Å². The van der Waals surface area contributed by atoms with Crippen molar-refractivity contribution in [1.82, 2.24) is 4.98 Å². The molecule has 0 saturated heterocycles. The Hall–Kier alpha value is -3.43. The molecule has 0 radical (unpaired) electrons. The molecule has 3 rings (SSSR count). The predicted octanol–water partition coefficient (Wildman–Crippen LogP) is 4.01. The zero-order valence-corrected chi connectivity index (χ0v) is 17.7. The topological polar surface area (TPSA) is 114 Å². The second kappa shape index (κ2) is 10.1. The molecular weight excluding hydrogens is 442 g/mol. The Balaban J connectivity index is 1.53. The minimum Gasteiger partial charge on any atom is -0.461 e. The smallest absolute Gasteiger partial charge is 0.338 e. The van der Waals surface area contributed by atoms with E-state index in [9.17, 15) is 18.0 Å². The molecule has 10 heteroatoms. The van der Waals surface area contributed by atoms with E-state index in [1.54, 1.807) is 36.4 Å². The van der Waals surface area contributed by atoms with Crippen molar-refractivity contribution in [2.45, 2.75) is 5.03 Å². The van der Waals surface area contributed by atoms with E-state index in [0.29, 0.717) is 16.4 Å². The van der Waals surface area contributed by atoms with Gasteiger partial charge in [0.25, 0.3) is 0 Å². The number of pyridine rings is 1. The molecule has 31 heavy (non-hydrogen) atoms. The van der Waals surface area contributed by atoms with Crippen molar-refractivity contribution in [2.24, 2.45) is 0 Å². The van der Waals surface area contributed by atoms with Crippen molar-refractivity contribution >= 4 is 44.8 Å². The van der Waals surface area contributed by atoms with Crippen LogP contribution in [0.25, 0.3) is 0 Å². The minimum atomic E-state index is -3.78. The van der Waals surface area contributed by atoms with Crippen LogP contribution in [-0.4, -0.2) is 37.8 Å². The maximum absolute atomic E-state index is 12.4. The van der Waals surface area contributed by atoms with Crippen molar-refractivity contribution in [2.75, 3.05) is 23.0 Å². The molecule has 1 aromatic heterocycles. The Morgan fingerprint density at radius 2 is 1.68 bits per heavy atom. The largest absolute Gasteiger partial charge is 0.461 e. The molecule has 2 amide bonds. The number of aromatic nitrogens is 1. The summed E-state index contributed by atoms with van der Waals surface area (Å²) in [4.78, 5) is 27.8. The van der Waals surface area contributed by atoms with Gasteiger partial charge in [-0.15, -0.1) is 0 Å². The fraction of sp³-hybridized carbons (Fsp3) is 0.0952. The lowest BCUT2D eigenvalue weighted by molar-refractivity contribution is 0.0529. The summed E-state index contributed by atoms with van der Waals surface area (Å²) in [5.41, 5.74) is 1.16. The number of halogens is 1. The average Bonchev–Trinajstić information content (AvgIpc) is 2.74. The van der Waals surface area contributed by atoms with Gasteiger partial charge in [0.15, 0.2) is 14.9 Å². The number of hydrogen-bond donors (Lipinski definition) is 2. The number of urea groups is 1. The molecule has 0 atom stereocenters. The number of hydrogen-bond acceptors (Lipinski definition) is 6. The quantitative estimate of drug-likeness (QED) is 0.516. The van der Waals surface area contributed by atoms with Gasteiger partial charge in [0, 0.05) is 10.7 Å². The Bertz CT molecular complexity index is 1170. The summed E-state index contributed by atoms with van der Waals surface area (Å²) in [6, 6.07) is 17.2. The Morgan fingerprint density at radius 1 is 0.935 bits per heavy atom. The van der Waals surface area contributed by atoms with Crippen LogP contribution in [0, 0.1) is 0 Å². The Kier molecular flexibility index (Phi) is 7.22. The molecular formula is C21H18ClN3O5S. The number of nitrogens with one attached hydrogen (secondary N) is 2. The van der Waals surface area contributed by atoms with Gasteiger partial charge in [0.2, 0.25) is 0 Å². The predicted molar refractivity (Wildman–Crippen MR) is 117 cm³/mol. The van der Waals surface area contributed by atoms with E-state index in [-0.39, 0.29) is 17.2 Å². The summed E-state index contributed by atoms with van der Waals surface area (Å²) in [5, 5.41) is 5.38. The first-order valence-corrected chi connectivity index (χ1v) is 11.1. The highest BCUT2D eigenvalue weighted by atomic mass is 35.5. The van der Waals surface area contributed by atoms with Crippen molar-refractivity contribution in [3.8, 4) is 0 Å². The lowest BCUT2D eigenvalue weighted by Crippen LogP contribution is -2.20. The van der Waals surface area contributed by atoms with E-state index in [1.807, 2.05) is 6.07 Å².